The molecule has 2 heterocycles. The third-order valence-corrected chi connectivity index (χ3v) is 5.00. The minimum absolute atomic E-state index is 0.0472. The molecule has 23 heavy (non-hydrogen) atoms. The van der Waals surface area contributed by atoms with Crippen LogP contribution in [0.4, 0.5) is 4.79 Å². The van der Waals surface area contributed by atoms with Crippen molar-refractivity contribution >= 4 is 6.03 Å². The van der Waals surface area contributed by atoms with Gasteiger partial charge in [0, 0.05) is 39.6 Å². The summed E-state index contributed by atoms with van der Waals surface area (Å²) in [6, 6.07) is 10.6. The van der Waals surface area contributed by atoms with Crippen molar-refractivity contribution in [1.29, 1.82) is 0 Å². The molecule has 1 aromatic rings. The van der Waals surface area contributed by atoms with Gasteiger partial charge in [0.15, 0.2) is 0 Å². The molecule has 0 saturated carbocycles. The van der Waals surface area contributed by atoms with Crippen LogP contribution < -0.4 is 5.32 Å². The molecule has 2 saturated heterocycles. The van der Waals surface area contributed by atoms with Gasteiger partial charge in [0.25, 0.3) is 0 Å². The highest BCUT2D eigenvalue weighted by atomic mass is 16.5. The van der Waals surface area contributed by atoms with Crippen molar-refractivity contribution in [3.63, 3.8) is 0 Å². The quantitative estimate of drug-likeness (QED) is 0.921. The smallest absolute Gasteiger partial charge is 0.316 e. The first-order valence-corrected chi connectivity index (χ1v) is 8.46. The van der Waals surface area contributed by atoms with Crippen molar-refractivity contribution < 1.29 is 9.53 Å². The number of benzene rings is 1. The van der Waals surface area contributed by atoms with Gasteiger partial charge < -0.3 is 15.0 Å². The molecular weight excluding hydrogens is 290 g/mol. The molecule has 0 aromatic heterocycles. The maximum absolute atomic E-state index is 11.7. The van der Waals surface area contributed by atoms with Crippen LogP contribution in [0.5, 0.6) is 0 Å². The van der Waals surface area contributed by atoms with E-state index in [0.717, 1.165) is 26.2 Å². The summed E-state index contributed by atoms with van der Waals surface area (Å²) in [6.45, 7) is 4.64. The molecule has 0 spiro atoms. The van der Waals surface area contributed by atoms with Crippen LogP contribution >= 0.6 is 0 Å². The van der Waals surface area contributed by atoms with Crippen LogP contribution in [0.3, 0.4) is 0 Å². The third-order valence-electron chi connectivity index (χ3n) is 5.00. The second-order valence-electron chi connectivity index (χ2n) is 6.89. The number of hydrogen-bond acceptors (Lipinski definition) is 3. The molecule has 3 atom stereocenters. The van der Waals surface area contributed by atoms with E-state index in [1.54, 1.807) is 19.0 Å². The molecule has 2 aliphatic rings. The summed E-state index contributed by atoms with van der Waals surface area (Å²) >= 11 is 0. The third kappa shape index (κ3) is 4.03. The van der Waals surface area contributed by atoms with E-state index in [9.17, 15) is 4.79 Å². The second kappa shape index (κ2) is 7.32. The van der Waals surface area contributed by atoms with Crippen molar-refractivity contribution in [2.75, 3.05) is 40.3 Å². The van der Waals surface area contributed by atoms with Crippen LogP contribution in [-0.4, -0.2) is 62.3 Å². The van der Waals surface area contributed by atoms with Gasteiger partial charge in [-0.25, -0.2) is 4.79 Å². The molecule has 0 bridgehead atoms. The molecule has 3 rings (SSSR count). The van der Waals surface area contributed by atoms with E-state index in [0.29, 0.717) is 18.4 Å². The van der Waals surface area contributed by atoms with Crippen LogP contribution in [0.25, 0.3) is 0 Å². The molecule has 1 N–H and O–H groups in total. The standard InChI is InChI=1S/C18H27N3O2/c1-20(2)18(22)19-10-17-16-12-21(9-8-15(16)13-23-17)11-14-6-4-3-5-7-14/h3-7,15-17H,8-13H2,1-2H3,(H,19,22)/t15-,16-,17+/m0/s1. The number of rotatable bonds is 4. The predicted octanol–water partition coefficient (Wildman–Crippen LogP) is 1.79. The lowest BCUT2D eigenvalue weighted by atomic mass is 9.84. The molecule has 2 aliphatic heterocycles. The number of ether oxygens (including phenoxy) is 1. The van der Waals surface area contributed by atoms with E-state index >= 15 is 0 Å². The van der Waals surface area contributed by atoms with Gasteiger partial charge in [-0.05, 0) is 24.4 Å². The van der Waals surface area contributed by atoms with E-state index in [2.05, 4.69) is 40.5 Å². The molecule has 1 aromatic carbocycles. The Bertz CT molecular complexity index is 520. The normalized spacial score (nSPS) is 27.5. The number of amides is 2. The number of likely N-dealkylation sites (tertiary alicyclic amines) is 1. The van der Waals surface area contributed by atoms with E-state index in [-0.39, 0.29) is 12.1 Å². The van der Waals surface area contributed by atoms with Crippen molar-refractivity contribution in [3.8, 4) is 0 Å². The number of urea groups is 1. The Morgan fingerprint density at radius 3 is 2.87 bits per heavy atom. The van der Waals surface area contributed by atoms with Gasteiger partial charge in [-0.3, -0.25) is 4.90 Å². The highest BCUT2D eigenvalue weighted by Gasteiger charge is 2.40. The summed E-state index contributed by atoms with van der Waals surface area (Å²) in [5.74, 6) is 1.17. The number of nitrogens with one attached hydrogen (secondary N) is 1. The minimum Gasteiger partial charge on any atom is -0.376 e. The van der Waals surface area contributed by atoms with Crippen molar-refractivity contribution in [3.05, 3.63) is 35.9 Å². The lowest BCUT2D eigenvalue weighted by Crippen LogP contribution is -2.46. The highest BCUT2D eigenvalue weighted by Crippen LogP contribution is 2.34. The Kier molecular flexibility index (Phi) is 5.18. The zero-order valence-electron chi connectivity index (χ0n) is 14.1. The predicted molar refractivity (Wildman–Crippen MR) is 90.1 cm³/mol. The lowest BCUT2D eigenvalue weighted by Gasteiger charge is -2.36. The van der Waals surface area contributed by atoms with Crippen LogP contribution in [0.2, 0.25) is 0 Å². The molecule has 5 nitrogen and oxygen atoms in total. The second-order valence-corrected chi connectivity index (χ2v) is 6.89. The number of hydrogen-bond donors (Lipinski definition) is 1. The van der Waals surface area contributed by atoms with Gasteiger partial charge in [-0.2, -0.15) is 0 Å². The highest BCUT2D eigenvalue weighted by molar-refractivity contribution is 5.73. The van der Waals surface area contributed by atoms with Gasteiger partial charge in [-0.15, -0.1) is 0 Å². The fourth-order valence-corrected chi connectivity index (χ4v) is 3.64. The average Bonchev–Trinajstić information content (AvgIpc) is 2.96. The van der Waals surface area contributed by atoms with E-state index in [4.69, 9.17) is 4.74 Å². The van der Waals surface area contributed by atoms with E-state index in [1.165, 1.54) is 12.0 Å². The first-order chi connectivity index (χ1) is 11.1. The van der Waals surface area contributed by atoms with Gasteiger partial charge >= 0.3 is 6.03 Å². The SMILES string of the molecule is CN(C)C(=O)NC[C@H]1OC[C@@H]2CCN(Cc3ccccc3)C[C@@H]21. The molecule has 126 valence electrons. The Hall–Kier alpha value is -1.59. The van der Waals surface area contributed by atoms with E-state index < -0.39 is 0 Å². The summed E-state index contributed by atoms with van der Waals surface area (Å²) < 4.78 is 5.97. The number of carbonyl (C=O) groups is 1. The van der Waals surface area contributed by atoms with Crippen molar-refractivity contribution in [2.45, 2.75) is 19.1 Å². The van der Waals surface area contributed by atoms with Crippen LogP contribution in [0.1, 0.15) is 12.0 Å². The summed E-state index contributed by atoms with van der Waals surface area (Å²) in [7, 11) is 3.52. The number of nitrogens with zero attached hydrogens (tertiary/aromatic N) is 2. The Morgan fingerprint density at radius 1 is 1.35 bits per heavy atom. The van der Waals surface area contributed by atoms with Gasteiger partial charge in [0.1, 0.15) is 0 Å². The van der Waals surface area contributed by atoms with Gasteiger partial charge in [0.05, 0.1) is 12.7 Å². The Labute approximate surface area is 138 Å². The largest absolute Gasteiger partial charge is 0.376 e. The van der Waals surface area contributed by atoms with Gasteiger partial charge in [-0.1, -0.05) is 30.3 Å². The first-order valence-electron chi connectivity index (χ1n) is 8.46. The van der Waals surface area contributed by atoms with Crippen LogP contribution in [0, 0.1) is 11.8 Å². The minimum atomic E-state index is -0.0472. The first kappa shape index (κ1) is 16.3. The Morgan fingerprint density at radius 2 is 2.13 bits per heavy atom. The maximum atomic E-state index is 11.7. The topological polar surface area (TPSA) is 44.8 Å². The zero-order chi connectivity index (χ0) is 16.2. The average molecular weight is 317 g/mol. The van der Waals surface area contributed by atoms with Crippen molar-refractivity contribution in [2.24, 2.45) is 11.8 Å². The summed E-state index contributed by atoms with van der Waals surface area (Å²) in [4.78, 5) is 15.8. The maximum Gasteiger partial charge on any atom is 0.316 e. The molecule has 0 aliphatic carbocycles. The fourth-order valence-electron chi connectivity index (χ4n) is 3.64. The summed E-state index contributed by atoms with van der Waals surface area (Å²) in [5, 5.41) is 2.97. The number of carbonyl (C=O) groups excluding carboxylic acids is 1. The number of fused-ring (bicyclic) bond motifs is 1. The van der Waals surface area contributed by atoms with Crippen molar-refractivity contribution in [1.82, 2.24) is 15.1 Å². The molecule has 2 fully saturated rings. The lowest BCUT2D eigenvalue weighted by molar-refractivity contribution is 0.0744. The molecule has 2 amide bonds. The van der Waals surface area contributed by atoms with Gasteiger partial charge in [0.2, 0.25) is 0 Å². The number of piperidine rings is 1. The molecule has 0 radical (unpaired) electrons. The van der Waals surface area contributed by atoms with E-state index in [1.807, 2.05) is 0 Å². The monoisotopic (exact) mass is 317 g/mol. The summed E-state index contributed by atoms with van der Waals surface area (Å²) in [6.07, 6.45) is 1.33. The molecule has 0 unspecified atom stereocenters. The molecule has 5 heteroatoms. The van der Waals surface area contributed by atoms with Crippen LogP contribution in [0.15, 0.2) is 30.3 Å². The Balaban J connectivity index is 1.54. The fraction of sp³-hybridized carbons (Fsp3) is 0.611. The molecular formula is C18H27N3O2. The summed E-state index contributed by atoms with van der Waals surface area (Å²) in [5.41, 5.74) is 1.36. The van der Waals surface area contributed by atoms with Crippen LogP contribution in [-0.2, 0) is 11.3 Å². The zero-order valence-corrected chi connectivity index (χ0v) is 14.1.